The minimum absolute atomic E-state index is 0.119. The third kappa shape index (κ3) is 2.93. The van der Waals surface area contributed by atoms with E-state index in [-0.39, 0.29) is 11.9 Å². The summed E-state index contributed by atoms with van der Waals surface area (Å²) in [5, 5.41) is 3.23. The van der Waals surface area contributed by atoms with Crippen LogP contribution in [0.5, 0.6) is 0 Å². The van der Waals surface area contributed by atoms with Crippen molar-refractivity contribution in [1.82, 2.24) is 0 Å². The van der Waals surface area contributed by atoms with Crippen molar-refractivity contribution < 1.29 is 14.3 Å². The van der Waals surface area contributed by atoms with E-state index in [0.717, 1.165) is 17.8 Å². The van der Waals surface area contributed by atoms with Crippen LogP contribution in [0.15, 0.2) is 24.3 Å². The summed E-state index contributed by atoms with van der Waals surface area (Å²) in [6, 6.07) is 6.95. The van der Waals surface area contributed by atoms with Gasteiger partial charge in [-0.05, 0) is 38.8 Å². The van der Waals surface area contributed by atoms with Crippen LogP contribution in [-0.2, 0) is 14.3 Å². The Hall–Kier alpha value is -2.04. The number of anilines is 2. The molecule has 0 radical (unpaired) electrons. The molecule has 1 amide bonds. The highest BCUT2D eigenvalue weighted by Gasteiger charge is 2.43. The van der Waals surface area contributed by atoms with Crippen LogP contribution in [0.2, 0.25) is 0 Å². The zero-order chi connectivity index (χ0) is 16.3. The van der Waals surface area contributed by atoms with Gasteiger partial charge in [-0.3, -0.25) is 9.69 Å². The summed E-state index contributed by atoms with van der Waals surface area (Å²) in [6.45, 7) is 7.86. The molecule has 0 bridgehead atoms. The first-order valence-corrected chi connectivity index (χ1v) is 7.79. The topological polar surface area (TPSA) is 58.6 Å². The summed E-state index contributed by atoms with van der Waals surface area (Å²) < 4.78 is 5.28. The van der Waals surface area contributed by atoms with E-state index in [1.54, 1.807) is 4.90 Å². The maximum atomic E-state index is 12.8. The molecule has 1 N–H and O–H groups in total. The minimum Gasteiger partial charge on any atom is -0.464 e. The molecule has 0 saturated heterocycles. The van der Waals surface area contributed by atoms with Crippen molar-refractivity contribution in [1.29, 1.82) is 0 Å². The van der Waals surface area contributed by atoms with Crippen LogP contribution >= 0.6 is 0 Å². The summed E-state index contributed by atoms with van der Waals surface area (Å²) >= 11 is 0. The summed E-state index contributed by atoms with van der Waals surface area (Å²) in [4.78, 5) is 26.8. The van der Waals surface area contributed by atoms with E-state index in [4.69, 9.17) is 4.74 Å². The van der Waals surface area contributed by atoms with Crippen molar-refractivity contribution in [2.75, 3.05) is 16.8 Å². The Balaban J connectivity index is 2.41. The zero-order valence-electron chi connectivity index (χ0n) is 13.7. The quantitative estimate of drug-likeness (QED) is 0.850. The van der Waals surface area contributed by atoms with Crippen LogP contribution in [0, 0.1) is 0 Å². The maximum Gasteiger partial charge on any atom is 0.329 e. The lowest BCUT2D eigenvalue weighted by atomic mass is 9.96. The monoisotopic (exact) mass is 304 g/mol. The molecular weight excluding hydrogens is 280 g/mol. The van der Waals surface area contributed by atoms with Crippen molar-refractivity contribution in [3.05, 3.63) is 24.3 Å². The van der Waals surface area contributed by atoms with Crippen LogP contribution in [0.3, 0.4) is 0 Å². The van der Waals surface area contributed by atoms with Gasteiger partial charge >= 0.3 is 5.97 Å². The summed E-state index contributed by atoms with van der Waals surface area (Å²) in [7, 11) is 0. The van der Waals surface area contributed by atoms with E-state index >= 15 is 0 Å². The number of carbonyl (C=O) groups is 2. The van der Waals surface area contributed by atoms with Crippen LogP contribution < -0.4 is 10.2 Å². The average Bonchev–Trinajstić information content (AvgIpc) is 2.49. The third-order valence-electron chi connectivity index (χ3n) is 3.78. The highest BCUT2D eigenvalue weighted by atomic mass is 16.5. The molecule has 120 valence electrons. The number of esters is 1. The molecule has 1 aromatic carbocycles. The molecule has 2 rings (SSSR count). The highest BCUT2D eigenvalue weighted by molar-refractivity contribution is 6.10. The predicted molar refractivity (Wildman–Crippen MR) is 87.0 cm³/mol. The first-order chi connectivity index (χ1) is 10.4. The number of rotatable bonds is 5. The Bertz CT molecular complexity index is 569. The number of hydrogen-bond acceptors (Lipinski definition) is 4. The maximum absolute atomic E-state index is 12.8. The van der Waals surface area contributed by atoms with E-state index in [1.165, 1.54) is 0 Å². The number of hydrogen-bond donors (Lipinski definition) is 1. The molecule has 0 aromatic heterocycles. The number of nitrogens with one attached hydrogen (secondary N) is 1. The Morgan fingerprint density at radius 3 is 2.64 bits per heavy atom. The lowest BCUT2D eigenvalue weighted by molar-refractivity contribution is -0.146. The second kappa shape index (κ2) is 6.38. The van der Waals surface area contributed by atoms with Crippen LogP contribution in [0.4, 0.5) is 11.4 Å². The lowest BCUT2D eigenvalue weighted by Crippen LogP contribution is -2.59. The Kier molecular flexibility index (Phi) is 4.74. The van der Waals surface area contributed by atoms with Crippen molar-refractivity contribution >= 4 is 23.3 Å². The van der Waals surface area contributed by atoms with Gasteiger partial charge < -0.3 is 10.1 Å². The molecule has 0 spiro atoms. The number of ether oxygens (including phenoxy) is 1. The van der Waals surface area contributed by atoms with E-state index in [2.05, 4.69) is 5.32 Å². The van der Waals surface area contributed by atoms with Crippen molar-refractivity contribution in [3.8, 4) is 0 Å². The van der Waals surface area contributed by atoms with Crippen molar-refractivity contribution in [2.24, 2.45) is 0 Å². The first-order valence-electron chi connectivity index (χ1n) is 7.79. The van der Waals surface area contributed by atoms with Gasteiger partial charge in [-0.1, -0.05) is 26.0 Å². The van der Waals surface area contributed by atoms with Crippen LogP contribution in [0.25, 0.3) is 0 Å². The summed E-state index contributed by atoms with van der Waals surface area (Å²) in [5.74, 6) is -0.461. The molecule has 0 saturated carbocycles. The molecule has 1 unspecified atom stereocenters. The molecule has 0 aliphatic carbocycles. The molecular formula is C17H24N2O3. The van der Waals surface area contributed by atoms with Gasteiger partial charge in [-0.25, -0.2) is 4.79 Å². The number of carbonyl (C=O) groups excluding carboxylic acids is 2. The van der Waals surface area contributed by atoms with Gasteiger partial charge in [-0.15, -0.1) is 0 Å². The number of nitrogens with zero attached hydrogens (tertiary/aromatic N) is 1. The van der Waals surface area contributed by atoms with Crippen LogP contribution in [-0.4, -0.2) is 30.1 Å². The van der Waals surface area contributed by atoms with Gasteiger partial charge in [0.15, 0.2) is 0 Å². The fraction of sp³-hybridized carbons (Fsp3) is 0.529. The van der Waals surface area contributed by atoms with Gasteiger partial charge in [0.2, 0.25) is 0 Å². The summed E-state index contributed by atoms with van der Waals surface area (Å²) in [6.07, 6.45) is 1.28. The van der Waals surface area contributed by atoms with Gasteiger partial charge in [0.05, 0.1) is 18.0 Å². The average molecular weight is 304 g/mol. The molecule has 22 heavy (non-hydrogen) atoms. The van der Waals surface area contributed by atoms with E-state index < -0.39 is 11.6 Å². The molecule has 5 nitrogen and oxygen atoms in total. The zero-order valence-corrected chi connectivity index (χ0v) is 13.7. The molecule has 0 fully saturated rings. The second-order valence-electron chi connectivity index (χ2n) is 6.03. The first kappa shape index (κ1) is 16.3. The number of para-hydroxylation sites is 2. The molecule has 1 aliphatic rings. The Morgan fingerprint density at radius 2 is 2.00 bits per heavy atom. The van der Waals surface area contributed by atoms with Crippen LogP contribution in [0.1, 0.15) is 40.5 Å². The molecule has 1 aliphatic heterocycles. The highest BCUT2D eigenvalue weighted by Crippen LogP contribution is 2.37. The van der Waals surface area contributed by atoms with E-state index in [0.29, 0.717) is 13.0 Å². The second-order valence-corrected chi connectivity index (χ2v) is 6.03. The summed E-state index contributed by atoms with van der Waals surface area (Å²) in [5.41, 5.74) is 0.827. The smallest absolute Gasteiger partial charge is 0.329 e. The normalized spacial score (nSPS) is 17.5. The molecule has 5 heteroatoms. The third-order valence-corrected chi connectivity index (χ3v) is 3.78. The fourth-order valence-corrected chi connectivity index (χ4v) is 2.65. The van der Waals surface area contributed by atoms with Gasteiger partial charge in [0.1, 0.15) is 11.6 Å². The minimum atomic E-state index is -0.757. The number of fused-ring (bicyclic) bond motifs is 1. The standard InChI is InChI=1S/C17H24N2O3/c1-5-11-22-15(20)13(6-2)19-14-10-8-7-9-12(14)18-17(3,4)16(19)21/h7-10,13,18H,5-6,11H2,1-4H3. The largest absolute Gasteiger partial charge is 0.464 e. The van der Waals surface area contributed by atoms with Crippen molar-refractivity contribution in [3.63, 3.8) is 0 Å². The lowest BCUT2D eigenvalue weighted by Gasteiger charge is -2.42. The Morgan fingerprint density at radius 1 is 1.32 bits per heavy atom. The van der Waals surface area contributed by atoms with Gasteiger partial charge in [0, 0.05) is 0 Å². The van der Waals surface area contributed by atoms with Gasteiger partial charge in [0.25, 0.3) is 5.91 Å². The van der Waals surface area contributed by atoms with E-state index in [1.807, 2.05) is 52.0 Å². The van der Waals surface area contributed by atoms with Crippen molar-refractivity contribution in [2.45, 2.75) is 52.1 Å². The number of benzene rings is 1. The number of amides is 1. The van der Waals surface area contributed by atoms with Gasteiger partial charge in [-0.2, -0.15) is 0 Å². The molecule has 1 atom stereocenters. The predicted octanol–water partition coefficient (Wildman–Crippen LogP) is 2.96. The molecule has 1 aromatic rings. The fourth-order valence-electron chi connectivity index (χ4n) is 2.65. The van der Waals surface area contributed by atoms with E-state index in [9.17, 15) is 9.59 Å². The molecule has 1 heterocycles. The Labute approximate surface area is 131 Å². The SMILES string of the molecule is CCCOC(=O)C(CC)N1C(=O)C(C)(C)Nc2ccccc21.